The molecule has 1 aliphatic rings. The Morgan fingerprint density at radius 1 is 1.43 bits per heavy atom. The fourth-order valence-electron chi connectivity index (χ4n) is 3.50. The van der Waals surface area contributed by atoms with Crippen molar-refractivity contribution >= 4 is 38.6 Å². The van der Waals surface area contributed by atoms with Gasteiger partial charge in [0, 0.05) is 12.1 Å². The van der Waals surface area contributed by atoms with E-state index in [2.05, 4.69) is 32.8 Å². The van der Waals surface area contributed by atoms with E-state index in [1.807, 2.05) is 11.5 Å². The molecule has 0 aliphatic heterocycles. The molecule has 1 fully saturated rings. The Morgan fingerprint density at radius 3 is 2.90 bits per heavy atom. The molecule has 0 bridgehead atoms. The van der Waals surface area contributed by atoms with Crippen molar-refractivity contribution in [1.82, 2.24) is 14.5 Å². The van der Waals surface area contributed by atoms with E-state index in [0.29, 0.717) is 16.2 Å². The summed E-state index contributed by atoms with van der Waals surface area (Å²) < 4.78 is 2.48. The number of pyridine rings is 1. The number of hydrogen-bond donors (Lipinski definition) is 0. The topological polar surface area (TPSA) is 47.8 Å². The maximum absolute atomic E-state index is 12.6. The lowest BCUT2D eigenvalue weighted by molar-refractivity contribution is 0.369. The highest BCUT2D eigenvalue weighted by molar-refractivity contribution is 9.10. The van der Waals surface area contributed by atoms with Crippen LogP contribution in [0.1, 0.15) is 44.2 Å². The zero-order valence-corrected chi connectivity index (χ0v) is 14.4. The summed E-state index contributed by atoms with van der Waals surface area (Å²) in [5.41, 5.74) is 1.53. The summed E-state index contributed by atoms with van der Waals surface area (Å²) in [6.45, 7) is 4.09. The van der Waals surface area contributed by atoms with Crippen LogP contribution in [0.15, 0.2) is 15.5 Å². The molecule has 0 spiro atoms. The van der Waals surface area contributed by atoms with Crippen molar-refractivity contribution in [2.24, 2.45) is 5.92 Å². The standard InChI is InChI=1S/C15H17BrClN3O/c1-3-9-5-4-6-10(9)20-11(21)7-8(2)12-13(16)18-15(17)19-14(12)20/h7,9-10H,3-6H2,1-2H3/t9-,10+/m0/s1. The number of fused-ring (bicyclic) bond motifs is 1. The molecule has 0 unspecified atom stereocenters. The van der Waals surface area contributed by atoms with Crippen molar-refractivity contribution in [1.29, 1.82) is 0 Å². The molecule has 0 N–H and O–H groups in total. The summed E-state index contributed by atoms with van der Waals surface area (Å²) in [6.07, 6.45) is 4.43. The molecule has 2 atom stereocenters. The Hall–Kier alpha value is -0.940. The molecule has 2 heterocycles. The lowest BCUT2D eigenvalue weighted by Crippen LogP contribution is -2.28. The van der Waals surface area contributed by atoms with Crippen molar-refractivity contribution in [2.45, 2.75) is 45.6 Å². The van der Waals surface area contributed by atoms with Gasteiger partial charge in [0.25, 0.3) is 5.56 Å². The lowest BCUT2D eigenvalue weighted by Gasteiger charge is -2.23. The van der Waals surface area contributed by atoms with E-state index in [0.717, 1.165) is 30.2 Å². The molecule has 0 radical (unpaired) electrons. The van der Waals surface area contributed by atoms with Gasteiger partial charge >= 0.3 is 0 Å². The first kappa shape index (κ1) is 15.0. The number of halogens is 2. The molecule has 4 nitrogen and oxygen atoms in total. The zero-order chi connectivity index (χ0) is 15.1. The van der Waals surface area contributed by atoms with Gasteiger partial charge in [-0.1, -0.05) is 19.8 Å². The van der Waals surface area contributed by atoms with Gasteiger partial charge in [0.15, 0.2) is 0 Å². The lowest BCUT2D eigenvalue weighted by atomic mass is 10.00. The first-order chi connectivity index (χ1) is 10.0. The minimum Gasteiger partial charge on any atom is -0.289 e. The molecule has 1 saturated carbocycles. The third kappa shape index (κ3) is 2.50. The van der Waals surface area contributed by atoms with E-state index >= 15 is 0 Å². The second-order valence-electron chi connectivity index (χ2n) is 5.68. The molecule has 1 aliphatic carbocycles. The average Bonchev–Trinajstić information content (AvgIpc) is 2.85. The van der Waals surface area contributed by atoms with Crippen LogP contribution in [0.5, 0.6) is 0 Å². The van der Waals surface area contributed by atoms with Crippen LogP contribution in [0.3, 0.4) is 0 Å². The van der Waals surface area contributed by atoms with Gasteiger partial charge in [-0.3, -0.25) is 9.36 Å². The summed E-state index contributed by atoms with van der Waals surface area (Å²) >= 11 is 9.46. The van der Waals surface area contributed by atoms with Crippen LogP contribution in [0, 0.1) is 12.8 Å². The van der Waals surface area contributed by atoms with E-state index < -0.39 is 0 Å². The maximum atomic E-state index is 12.6. The molecule has 2 aromatic rings. The third-order valence-corrected chi connectivity index (χ3v) is 5.24. The molecule has 0 amide bonds. The van der Waals surface area contributed by atoms with Gasteiger partial charge in [0.2, 0.25) is 5.28 Å². The van der Waals surface area contributed by atoms with Gasteiger partial charge in [-0.2, -0.15) is 4.98 Å². The Labute approximate surface area is 136 Å². The van der Waals surface area contributed by atoms with Crippen LogP contribution < -0.4 is 5.56 Å². The van der Waals surface area contributed by atoms with Crippen molar-refractivity contribution in [2.75, 3.05) is 0 Å². The van der Waals surface area contributed by atoms with E-state index in [-0.39, 0.29) is 16.9 Å². The summed E-state index contributed by atoms with van der Waals surface area (Å²) in [5.74, 6) is 0.529. The van der Waals surface area contributed by atoms with Crippen LogP contribution in [0.4, 0.5) is 0 Å². The monoisotopic (exact) mass is 369 g/mol. The van der Waals surface area contributed by atoms with Crippen molar-refractivity contribution < 1.29 is 0 Å². The van der Waals surface area contributed by atoms with Crippen LogP contribution in [0.2, 0.25) is 5.28 Å². The molecule has 2 aromatic heterocycles. The van der Waals surface area contributed by atoms with Gasteiger partial charge in [0.1, 0.15) is 10.3 Å². The summed E-state index contributed by atoms with van der Waals surface area (Å²) in [6, 6.07) is 1.89. The van der Waals surface area contributed by atoms with Crippen molar-refractivity contribution in [3.05, 3.63) is 31.9 Å². The van der Waals surface area contributed by atoms with E-state index in [4.69, 9.17) is 11.6 Å². The second kappa shape index (κ2) is 5.69. The first-order valence-corrected chi connectivity index (χ1v) is 8.45. The zero-order valence-electron chi connectivity index (χ0n) is 12.1. The van der Waals surface area contributed by atoms with Crippen molar-refractivity contribution in [3.8, 4) is 0 Å². The molecular weight excluding hydrogens is 354 g/mol. The molecular formula is C15H17BrClN3O. The van der Waals surface area contributed by atoms with E-state index in [1.165, 1.54) is 6.42 Å². The van der Waals surface area contributed by atoms with Crippen LogP contribution in [-0.2, 0) is 0 Å². The van der Waals surface area contributed by atoms with Crippen molar-refractivity contribution in [3.63, 3.8) is 0 Å². The normalized spacial score (nSPS) is 22.1. The fraction of sp³-hybridized carbons (Fsp3) is 0.533. The van der Waals surface area contributed by atoms with Gasteiger partial charge < -0.3 is 0 Å². The molecule has 3 rings (SSSR count). The second-order valence-corrected chi connectivity index (χ2v) is 6.77. The number of rotatable bonds is 2. The van der Waals surface area contributed by atoms with Gasteiger partial charge in [-0.25, -0.2) is 4.98 Å². The van der Waals surface area contributed by atoms with Crippen LogP contribution >= 0.6 is 27.5 Å². The Balaban J connectivity index is 2.34. The summed E-state index contributed by atoms with van der Waals surface area (Å²) in [5, 5.41) is 1.04. The quantitative estimate of drug-likeness (QED) is 0.586. The Bertz CT molecular complexity index is 759. The predicted octanol–water partition coefficient (Wildman–Crippen LogP) is 4.27. The van der Waals surface area contributed by atoms with Crippen LogP contribution in [-0.4, -0.2) is 14.5 Å². The number of aromatic nitrogens is 3. The summed E-state index contributed by atoms with van der Waals surface area (Å²) in [7, 11) is 0. The smallest absolute Gasteiger partial charge is 0.252 e. The molecule has 112 valence electrons. The van der Waals surface area contributed by atoms with E-state index in [9.17, 15) is 4.79 Å². The highest BCUT2D eigenvalue weighted by Gasteiger charge is 2.30. The SMILES string of the molecule is CC[C@H]1CCC[C@H]1n1c(=O)cc(C)c2c(Br)nc(Cl)nc21. The van der Waals surface area contributed by atoms with Gasteiger partial charge in [-0.15, -0.1) is 0 Å². The molecule has 21 heavy (non-hydrogen) atoms. The maximum Gasteiger partial charge on any atom is 0.252 e. The molecule has 6 heteroatoms. The Morgan fingerprint density at radius 2 is 2.19 bits per heavy atom. The highest BCUT2D eigenvalue weighted by Crippen LogP contribution is 2.39. The highest BCUT2D eigenvalue weighted by atomic mass is 79.9. The van der Waals surface area contributed by atoms with Crippen LogP contribution in [0.25, 0.3) is 11.0 Å². The first-order valence-electron chi connectivity index (χ1n) is 7.27. The van der Waals surface area contributed by atoms with Gasteiger partial charge in [-0.05, 0) is 58.8 Å². The molecule has 0 aromatic carbocycles. The minimum absolute atomic E-state index is 0.00650. The minimum atomic E-state index is 0.00650. The van der Waals surface area contributed by atoms with E-state index in [1.54, 1.807) is 6.07 Å². The molecule has 0 saturated heterocycles. The fourth-order valence-corrected chi connectivity index (χ4v) is 4.42. The van der Waals surface area contributed by atoms with Gasteiger partial charge in [0.05, 0.1) is 5.39 Å². The number of hydrogen-bond acceptors (Lipinski definition) is 3. The average molecular weight is 371 g/mol. The largest absolute Gasteiger partial charge is 0.289 e. The Kier molecular flexibility index (Phi) is 4.06. The number of nitrogens with zero attached hydrogens (tertiary/aromatic N) is 3. The third-order valence-electron chi connectivity index (χ3n) is 4.49. The summed E-state index contributed by atoms with van der Waals surface area (Å²) in [4.78, 5) is 21.1. The predicted molar refractivity (Wildman–Crippen MR) is 87.9 cm³/mol. The number of aryl methyl sites for hydroxylation is 1.